The summed E-state index contributed by atoms with van der Waals surface area (Å²) >= 11 is 0. The van der Waals surface area contributed by atoms with E-state index in [2.05, 4.69) is 56.4 Å². The standard InChI is InChI=1S/C20H35N/c1-4-6-7-8-9-10-14-17-20(21-5-2)18(3)19-15-12-11-13-16-19/h11-13,15-16,18,20-21H,4-10,14,17H2,1-3H3. The van der Waals surface area contributed by atoms with Crippen LogP contribution in [0.5, 0.6) is 0 Å². The number of rotatable bonds is 12. The van der Waals surface area contributed by atoms with Crippen LogP contribution in [0.1, 0.15) is 83.6 Å². The van der Waals surface area contributed by atoms with Crippen molar-refractivity contribution in [1.82, 2.24) is 5.32 Å². The maximum Gasteiger partial charge on any atom is 0.0133 e. The van der Waals surface area contributed by atoms with E-state index in [-0.39, 0.29) is 0 Å². The van der Waals surface area contributed by atoms with E-state index in [1.54, 1.807) is 0 Å². The smallest absolute Gasteiger partial charge is 0.0133 e. The third kappa shape index (κ3) is 7.66. The first-order valence-electron chi connectivity index (χ1n) is 9.07. The van der Waals surface area contributed by atoms with E-state index in [1.165, 1.54) is 56.9 Å². The zero-order valence-corrected chi connectivity index (χ0v) is 14.4. The number of hydrogen-bond acceptors (Lipinski definition) is 1. The lowest BCUT2D eigenvalue weighted by molar-refractivity contribution is 0.413. The highest BCUT2D eigenvalue weighted by atomic mass is 14.9. The van der Waals surface area contributed by atoms with Gasteiger partial charge < -0.3 is 5.32 Å². The average molecular weight is 290 g/mol. The zero-order valence-electron chi connectivity index (χ0n) is 14.4. The predicted octanol–water partition coefficient (Wildman–Crippen LogP) is 5.91. The van der Waals surface area contributed by atoms with Crippen LogP contribution in [0.3, 0.4) is 0 Å². The Morgan fingerprint density at radius 2 is 1.48 bits per heavy atom. The molecule has 0 aliphatic rings. The Hall–Kier alpha value is -0.820. The average Bonchev–Trinajstić information content (AvgIpc) is 2.53. The molecule has 0 radical (unpaired) electrons. The summed E-state index contributed by atoms with van der Waals surface area (Å²) in [6.07, 6.45) is 11.1. The first-order chi connectivity index (χ1) is 10.3. The lowest BCUT2D eigenvalue weighted by Gasteiger charge is -2.25. The van der Waals surface area contributed by atoms with Gasteiger partial charge in [0.25, 0.3) is 0 Å². The fourth-order valence-electron chi connectivity index (χ4n) is 3.10. The molecular weight excluding hydrogens is 254 g/mol. The summed E-state index contributed by atoms with van der Waals surface area (Å²) in [6, 6.07) is 11.6. The third-order valence-corrected chi connectivity index (χ3v) is 4.51. The second kappa shape index (κ2) is 11.8. The maximum absolute atomic E-state index is 3.69. The predicted molar refractivity (Wildman–Crippen MR) is 94.9 cm³/mol. The van der Waals surface area contributed by atoms with Crippen molar-refractivity contribution in [3.63, 3.8) is 0 Å². The molecule has 2 unspecified atom stereocenters. The summed E-state index contributed by atoms with van der Waals surface area (Å²) in [5.41, 5.74) is 1.46. The van der Waals surface area contributed by atoms with Gasteiger partial charge in [-0.15, -0.1) is 0 Å². The Labute approximate surface area is 132 Å². The van der Waals surface area contributed by atoms with Gasteiger partial charge in [-0.05, 0) is 24.4 Å². The molecule has 0 saturated heterocycles. The van der Waals surface area contributed by atoms with Gasteiger partial charge in [0.05, 0.1) is 0 Å². The molecule has 1 rings (SSSR count). The van der Waals surface area contributed by atoms with Crippen molar-refractivity contribution < 1.29 is 0 Å². The molecule has 21 heavy (non-hydrogen) atoms. The van der Waals surface area contributed by atoms with Gasteiger partial charge in [0.2, 0.25) is 0 Å². The lowest BCUT2D eigenvalue weighted by atomic mass is 9.89. The molecule has 0 fully saturated rings. The molecule has 1 N–H and O–H groups in total. The largest absolute Gasteiger partial charge is 0.314 e. The van der Waals surface area contributed by atoms with Gasteiger partial charge in [0, 0.05) is 6.04 Å². The molecular formula is C20H35N. The normalized spacial score (nSPS) is 14.0. The maximum atomic E-state index is 3.69. The molecule has 0 aliphatic heterocycles. The lowest BCUT2D eigenvalue weighted by Crippen LogP contribution is -2.33. The second-order valence-electron chi connectivity index (χ2n) is 6.27. The van der Waals surface area contributed by atoms with Gasteiger partial charge in [-0.3, -0.25) is 0 Å². The highest BCUT2D eigenvalue weighted by molar-refractivity contribution is 5.20. The van der Waals surface area contributed by atoms with Gasteiger partial charge in [0.15, 0.2) is 0 Å². The van der Waals surface area contributed by atoms with E-state index in [0.717, 1.165) is 6.54 Å². The SMILES string of the molecule is CCCCCCCCCC(NCC)C(C)c1ccccc1. The molecule has 0 spiro atoms. The number of hydrogen-bond donors (Lipinski definition) is 1. The third-order valence-electron chi connectivity index (χ3n) is 4.51. The number of likely N-dealkylation sites (N-methyl/N-ethyl adjacent to an activating group) is 1. The van der Waals surface area contributed by atoms with E-state index in [1.807, 2.05) is 0 Å². The molecule has 1 heteroatoms. The van der Waals surface area contributed by atoms with Crippen molar-refractivity contribution in [2.75, 3.05) is 6.54 Å². The highest BCUT2D eigenvalue weighted by Crippen LogP contribution is 2.23. The van der Waals surface area contributed by atoms with Crippen molar-refractivity contribution in [2.24, 2.45) is 0 Å². The van der Waals surface area contributed by atoms with Gasteiger partial charge in [-0.2, -0.15) is 0 Å². The van der Waals surface area contributed by atoms with Crippen molar-refractivity contribution in [3.8, 4) is 0 Å². The molecule has 1 aromatic rings. The van der Waals surface area contributed by atoms with Crippen LogP contribution in [0.2, 0.25) is 0 Å². The van der Waals surface area contributed by atoms with E-state index in [0.29, 0.717) is 12.0 Å². The van der Waals surface area contributed by atoms with Crippen LogP contribution < -0.4 is 5.32 Å². The summed E-state index contributed by atoms with van der Waals surface area (Å²) in [4.78, 5) is 0. The van der Waals surface area contributed by atoms with Crippen LogP contribution in [-0.2, 0) is 0 Å². The van der Waals surface area contributed by atoms with Crippen LogP contribution in [0, 0.1) is 0 Å². The molecule has 2 atom stereocenters. The molecule has 0 heterocycles. The fraction of sp³-hybridized carbons (Fsp3) is 0.700. The first kappa shape index (κ1) is 18.2. The Morgan fingerprint density at radius 1 is 0.857 bits per heavy atom. The van der Waals surface area contributed by atoms with E-state index in [4.69, 9.17) is 0 Å². The summed E-state index contributed by atoms with van der Waals surface area (Å²) in [6.45, 7) is 7.93. The Morgan fingerprint density at radius 3 is 2.10 bits per heavy atom. The van der Waals surface area contributed by atoms with E-state index >= 15 is 0 Å². The van der Waals surface area contributed by atoms with Crippen molar-refractivity contribution in [1.29, 1.82) is 0 Å². The van der Waals surface area contributed by atoms with Gasteiger partial charge in [-0.1, -0.05) is 96.0 Å². The van der Waals surface area contributed by atoms with Gasteiger partial charge >= 0.3 is 0 Å². The van der Waals surface area contributed by atoms with Crippen LogP contribution in [0.25, 0.3) is 0 Å². The van der Waals surface area contributed by atoms with Gasteiger partial charge in [0.1, 0.15) is 0 Å². The molecule has 0 saturated carbocycles. The van der Waals surface area contributed by atoms with Crippen LogP contribution in [-0.4, -0.2) is 12.6 Å². The molecule has 1 nitrogen and oxygen atoms in total. The zero-order chi connectivity index (χ0) is 15.3. The van der Waals surface area contributed by atoms with Crippen molar-refractivity contribution in [3.05, 3.63) is 35.9 Å². The quantitative estimate of drug-likeness (QED) is 0.472. The Balaban J connectivity index is 2.29. The summed E-state index contributed by atoms with van der Waals surface area (Å²) < 4.78 is 0. The Kier molecular flexibility index (Phi) is 10.2. The fourth-order valence-corrected chi connectivity index (χ4v) is 3.10. The summed E-state index contributed by atoms with van der Waals surface area (Å²) in [5.74, 6) is 0.603. The molecule has 0 bridgehead atoms. The number of nitrogens with one attached hydrogen (secondary N) is 1. The van der Waals surface area contributed by atoms with Crippen LogP contribution >= 0.6 is 0 Å². The van der Waals surface area contributed by atoms with Gasteiger partial charge in [-0.25, -0.2) is 0 Å². The van der Waals surface area contributed by atoms with Crippen LogP contribution in [0.4, 0.5) is 0 Å². The second-order valence-corrected chi connectivity index (χ2v) is 6.27. The number of unbranched alkanes of at least 4 members (excludes halogenated alkanes) is 6. The minimum Gasteiger partial charge on any atom is -0.314 e. The van der Waals surface area contributed by atoms with E-state index < -0.39 is 0 Å². The van der Waals surface area contributed by atoms with Crippen molar-refractivity contribution >= 4 is 0 Å². The summed E-state index contributed by atoms with van der Waals surface area (Å²) in [7, 11) is 0. The topological polar surface area (TPSA) is 12.0 Å². The molecule has 120 valence electrons. The Bertz CT molecular complexity index is 333. The summed E-state index contributed by atoms with van der Waals surface area (Å²) in [5, 5.41) is 3.69. The molecule has 0 amide bonds. The molecule has 1 aromatic carbocycles. The molecule has 0 aliphatic carbocycles. The van der Waals surface area contributed by atoms with E-state index in [9.17, 15) is 0 Å². The highest BCUT2D eigenvalue weighted by Gasteiger charge is 2.17. The minimum absolute atomic E-state index is 0.603. The number of benzene rings is 1. The monoisotopic (exact) mass is 289 g/mol. The minimum atomic E-state index is 0.603. The van der Waals surface area contributed by atoms with Crippen LogP contribution in [0.15, 0.2) is 30.3 Å². The molecule has 0 aromatic heterocycles. The first-order valence-corrected chi connectivity index (χ1v) is 9.07. The van der Waals surface area contributed by atoms with Crippen molar-refractivity contribution in [2.45, 2.75) is 84.1 Å².